The van der Waals surface area contributed by atoms with Gasteiger partial charge >= 0.3 is 0 Å². The summed E-state index contributed by atoms with van der Waals surface area (Å²) in [6, 6.07) is 4.18. The summed E-state index contributed by atoms with van der Waals surface area (Å²) in [7, 11) is 0. The van der Waals surface area contributed by atoms with E-state index in [1.54, 1.807) is 6.07 Å². The van der Waals surface area contributed by atoms with Gasteiger partial charge in [0.25, 0.3) is 0 Å². The SMILES string of the molecule is N#CCc1cc(O)c(Br)cc1F. The van der Waals surface area contributed by atoms with Crippen molar-refractivity contribution < 1.29 is 9.50 Å². The van der Waals surface area contributed by atoms with Crippen LogP contribution in [0.15, 0.2) is 16.6 Å². The fraction of sp³-hybridized carbons (Fsp3) is 0.125. The van der Waals surface area contributed by atoms with Gasteiger partial charge in [-0.3, -0.25) is 0 Å². The lowest BCUT2D eigenvalue weighted by atomic mass is 10.1. The van der Waals surface area contributed by atoms with Crippen molar-refractivity contribution in [1.82, 2.24) is 0 Å². The fourth-order valence-electron chi connectivity index (χ4n) is 0.801. The minimum Gasteiger partial charge on any atom is -0.507 e. The van der Waals surface area contributed by atoms with Gasteiger partial charge in [-0.2, -0.15) is 5.26 Å². The molecular formula is C8H5BrFNO. The third-order valence-corrected chi connectivity index (χ3v) is 2.02. The van der Waals surface area contributed by atoms with E-state index >= 15 is 0 Å². The number of rotatable bonds is 1. The number of phenols is 1. The monoisotopic (exact) mass is 229 g/mol. The van der Waals surface area contributed by atoms with E-state index in [9.17, 15) is 4.39 Å². The summed E-state index contributed by atoms with van der Waals surface area (Å²) >= 11 is 2.96. The lowest BCUT2D eigenvalue weighted by molar-refractivity contribution is 0.468. The van der Waals surface area contributed by atoms with Crippen LogP contribution in [0.5, 0.6) is 5.75 Å². The van der Waals surface area contributed by atoms with Crippen LogP contribution in [0.2, 0.25) is 0 Å². The molecule has 0 bridgehead atoms. The maximum atomic E-state index is 12.9. The number of nitrogens with zero attached hydrogens (tertiary/aromatic N) is 1. The molecule has 0 fully saturated rings. The van der Waals surface area contributed by atoms with Gasteiger partial charge in [0.2, 0.25) is 0 Å². The Labute approximate surface area is 77.4 Å². The van der Waals surface area contributed by atoms with Crippen molar-refractivity contribution in [3.63, 3.8) is 0 Å². The molecule has 12 heavy (non-hydrogen) atoms. The molecule has 0 saturated carbocycles. The molecule has 1 aromatic rings. The summed E-state index contributed by atoms with van der Waals surface area (Å²) in [5.74, 6) is -0.539. The van der Waals surface area contributed by atoms with Crippen LogP contribution >= 0.6 is 15.9 Å². The minimum atomic E-state index is -0.485. The van der Waals surface area contributed by atoms with Gasteiger partial charge in [-0.1, -0.05) is 0 Å². The Morgan fingerprint density at radius 3 is 2.83 bits per heavy atom. The largest absolute Gasteiger partial charge is 0.507 e. The van der Waals surface area contributed by atoms with Crippen LogP contribution in [0.4, 0.5) is 4.39 Å². The Morgan fingerprint density at radius 1 is 1.58 bits per heavy atom. The highest BCUT2D eigenvalue weighted by atomic mass is 79.9. The van der Waals surface area contributed by atoms with Gasteiger partial charge in [-0.25, -0.2) is 4.39 Å². The molecule has 0 unspecified atom stereocenters. The van der Waals surface area contributed by atoms with Crippen LogP contribution in [0.1, 0.15) is 5.56 Å². The average Bonchev–Trinajstić information content (AvgIpc) is 2.01. The number of nitriles is 1. The zero-order valence-electron chi connectivity index (χ0n) is 6.01. The number of hydrogen-bond acceptors (Lipinski definition) is 2. The van der Waals surface area contributed by atoms with Crippen LogP contribution in [-0.4, -0.2) is 5.11 Å². The molecule has 0 aromatic heterocycles. The molecule has 0 spiro atoms. The van der Waals surface area contributed by atoms with E-state index in [-0.39, 0.29) is 17.7 Å². The van der Waals surface area contributed by atoms with Gasteiger partial charge in [0.1, 0.15) is 11.6 Å². The number of halogens is 2. The standard InChI is InChI=1S/C8H5BrFNO/c9-6-4-7(10)5(1-2-11)3-8(6)12/h3-4,12H,1H2. The van der Waals surface area contributed by atoms with Crippen LogP contribution in [0.25, 0.3) is 0 Å². The van der Waals surface area contributed by atoms with Crippen LogP contribution < -0.4 is 0 Å². The Bertz CT molecular complexity index is 346. The molecule has 0 amide bonds. The fourth-order valence-corrected chi connectivity index (χ4v) is 1.12. The first-order valence-electron chi connectivity index (χ1n) is 3.19. The minimum absolute atomic E-state index is 0.0350. The van der Waals surface area contributed by atoms with Crippen molar-refractivity contribution in [2.45, 2.75) is 6.42 Å². The quantitative estimate of drug-likeness (QED) is 0.804. The highest BCUT2D eigenvalue weighted by Gasteiger charge is 2.06. The summed E-state index contributed by atoms with van der Waals surface area (Å²) in [4.78, 5) is 0. The van der Waals surface area contributed by atoms with Gasteiger partial charge in [0, 0.05) is 5.56 Å². The zero-order valence-corrected chi connectivity index (χ0v) is 7.60. The number of aromatic hydroxyl groups is 1. The maximum absolute atomic E-state index is 12.9. The predicted molar refractivity (Wildman–Crippen MR) is 45.1 cm³/mol. The number of benzene rings is 1. The second-order valence-electron chi connectivity index (χ2n) is 2.23. The van der Waals surface area contributed by atoms with Crippen molar-refractivity contribution in [2.24, 2.45) is 0 Å². The molecule has 1 N–H and O–H groups in total. The summed E-state index contributed by atoms with van der Waals surface area (Å²) in [5, 5.41) is 17.4. The Morgan fingerprint density at radius 2 is 2.25 bits per heavy atom. The third-order valence-electron chi connectivity index (χ3n) is 1.39. The molecule has 0 radical (unpaired) electrons. The predicted octanol–water partition coefficient (Wildman–Crippen LogP) is 2.36. The van der Waals surface area contributed by atoms with Crippen molar-refractivity contribution in [3.05, 3.63) is 28.0 Å². The first-order chi connectivity index (χ1) is 5.65. The van der Waals surface area contributed by atoms with Crippen molar-refractivity contribution in [1.29, 1.82) is 5.26 Å². The van der Waals surface area contributed by atoms with Crippen molar-refractivity contribution >= 4 is 15.9 Å². The number of hydrogen-bond donors (Lipinski definition) is 1. The lowest BCUT2D eigenvalue weighted by Crippen LogP contribution is -1.88. The molecular weight excluding hydrogens is 225 g/mol. The van der Waals surface area contributed by atoms with Crippen LogP contribution in [-0.2, 0) is 6.42 Å². The highest BCUT2D eigenvalue weighted by Crippen LogP contribution is 2.26. The van der Waals surface area contributed by atoms with E-state index in [0.29, 0.717) is 4.47 Å². The molecule has 4 heteroatoms. The van der Waals surface area contributed by atoms with Crippen molar-refractivity contribution in [3.8, 4) is 11.8 Å². The summed E-state index contributed by atoms with van der Waals surface area (Å²) in [6.45, 7) is 0. The molecule has 0 aliphatic rings. The molecule has 0 aliphatic carbocycles. The lowest BCUT2D eigenvalue weighted by Gasteiger charge is -2.00. The van der Waals surface area contributed by atoms with E-state index in [1.165, 1.54) is 6.07 Å². The molecule has 0 aliphatic heterocycles. The molecule has 1 rings (SSSR count). The summed E-state index contributed by atoms with van der Waals surface area (Å²) < 4.78 is 13.2. The normalized spacial score (nSPS) is 9.42. The smallest absolute Gasteiger partial charge is 0.130 e. The third kappa shape index (κ3) is 1.74. The second-order valence-corrected chi connectivity index (χ2v) is 3.08. The van der Waals surface area contributed by atoms with Gasteiger partial charge in [0.05, 0.1) is 17.0 Å². The van der Waals surface area contributed by atoms with Crippen LogP contribution in [0, 0.1) is 17.1 Å². The van der Waals surface area contributed by atoms with Gasteiger partial charge in [-0.15, -0.1) is 0 Å². The molecule has 2 nitrogen and oxygen atoms in total. The summed E-state index contributed by atoms with van der Waals surface area (Å²) in [6.07, 6.45) is -0.0350. The van der Waals surface area contributed by atoms with E-state index in [1.807, 2.05) is 0 Å². The maximum Gasteiger partial charge on any atom is 0.130 e. The Balaban J connectivity index is 3.16. The topological polar surface area (TPSA) is 44.0 Å². The first-order valence-corrected chi connectivity index (χ1v) is 3.98. The average molecular weight is 230 g/mol. The van der Waals surface area contributed by atoms with Gasteiger partial charge in [-0.05, 0) is 28.1 Å². The van der Waals surface area contributed by atoms with Crippen LogP contribution in [0.3, 0.4) is 0 Å². The van der Waals surface area contributed by atoms with E-state index in [4.69, 9.17) is 10.4 Å². The van der Waals surface area contributed by atoms with Gasteiger partial charge in [0.15, 0.2) is 0 Å². The number of phenolic OH excluding ortho intramolecular Hbond substituents is 1. The van der Waals surface area contributed by atoms with E-state index < -0.39 is 5.82 Å². The van der Waals surface area contributed by atoms with E-state index in [2.05, 4.69) is 15.9 Å². The molecule has 62 valence electrons. The summed E-state index contributed by atoms with van der Waals surface area (Å²) in [5.41, 5.74) is 0.207. The molecule has 0 atom stereocenters. The van der Waals surface area contributed by atoms with Crippen molar-refractivity contribution in [2.75, 3.05) is 0 Å². The first kappa shape index (κ1) is 9.01. The Kier molecular flexibility index (Phi) is 2.66. The Hall–Kier alpha value is -1.08. The highest BCUT2D eigenvalue weighted by molar-refractivity contribution is 9.10. The molecule has 0 heterocycles. The second kappa shape index (κ2) is 3.55. The molecule has 0 saturated heterocycles. The molecule has 1 aromatic carbocycles. The van der Waals surface area contributed by atoms with E-state index in [0.717, 1.165) is 6.07 Å². The zero-order chi connectivity index (χ0) is 9.14. The van der Waals surface area contributed by atoms with Gasteiger partial charge < -0.3 is 5.11 Å².